The van der Waals surface area contributed by atoms with Gasteiger partial charge in [-0.3, -0.25) is 0 Å². The Labute approximate surface area is 76.2 Å². The molecule has 1 aromatic rings. The number of halogens is 4. The monoisotopic (exact) mass is 207 g/mol. The molecule has 0 saturated heterocycles. The van der Waals surface area contributed by atoms with Crippen molar-refractivity contribution in [3.8, 4) is 0 Å². The number of fused-ring (bicyclic) bond motifs is 1. The quantitative estimate of drug-likeness (QED) is 0.385. The fourth-order valence-electron chi connectivity index (χ4n) is 1.44. The van der Waals surface area contributed by atoms with Gasteiger partial charge in [0.25, 0.3) is 0 Å². The first kappa shape index (κ1) is 9.26. The Morgan fingerprint density at radius 1 is 1.00 bits per heavy atom. The second-order valence-electron chi connectivity index (χ2n) is 2.94. The summed E-state index contributed by atoms with van der Waals surface area (Å²) < 4.78 is 51.3. The average molecular weight is 207 g/mol. The molecular formula is C8H5F4NO. The Morgan fingerprint density at radius 2 is 1.57 bits per heavy atom. The van der Waals surface area contributed by atoms with Gasteiger partial charge in [-0.15, -0.1) is 0 Å². The van der Waals surface area contributed by atoms with E-state index in [0.717, 1.165) is 0 Å². The largest absolute Gasteiger partial charge is 0.386 e. The summed E-state index contributed by atoms with van der Waals surface area (Å²) in [6.45, 7) is -0.161. The van der Waals surface area contributed by atoms with E-state index in [1.807, 2.05) is 0 Å². The van der Waals surface area contributed by atoms with Crippen LogP contribution < -0.4 is 5.32 Å². The Bertz CT molecular complexity index is 407. The van der Waals surface area contributed by atoms with Crippen molar-refractivity contribution in [1.82, 2.24) is 0 Å². The minimum atomic E-state index is -1.90. The van der Waals surface area contributed by atoms with Crippen LogP contribution in [0.5, 0.6) is 0 Å². The molecule has 2 N–H and O–H groups in total. The third-order valence-corrected chi connectivity index (χ3v) is 2.11. The predicted octanol–water partition coefficient (Wildman–Crippen LogP) is 1.70. The van der Waals surface area contributed by atoms with Crippen molar-refractivity contribution in [3.05, 3.63) is 28.8 Å². The molecule has 0 bridgehead atoms. The van der Waals surface area contributed by atoms with Crippen LogP contribution in [0.25, 0.3) is 0 Å². The standard InChI is InChI=1S/C8H5F4NO/c9-4-3-2(14)1-13-8(3)7(12)6(11)5(4)10/h2,13-14H,1H2. The van der Waals surface area contributed by atoms with E-state index in [-0.39, 0.29) is 6.54 Å². The fraction of sp³-hybridized carbons (Fsp3) is 0.250. The predicted molar refractivity (Wildman–Crippen MR) is 39.7 cm³/mol. The highest BCUT2D eigenvalue weighted by Gasteiger charge is 2.32. The number of aliphatic hydroxyl groups is 1. The summed E-state index contributed by atoms with van der Waals surface area (Å²) in [5.41, 5.74) is -1.06. The summed E-state index contributed by atoms with van der Waals surface area (Å²) in [7, 11) is 0. The van der Waals surface area contributed by atoms with Crippen LogP contribution >= 0.6 is 0 Å². The molecule has 14 heavy (non-hydrogen) atoms. The zero-order chi connectivity index (χ0) is 10.5. The molecule has 2 nitrogen and oxygen atoms in total. The highest BCUT2D eigenvalue weighted by molar-refractivity contribution is 5.59. The molecule has 0 aromatic heterocycles. The van der Waals surface area contributed by atoms with Gasteiger partial charge < -0.3 is 10.4 Å². The maximum Gasteiger partial charge on any atom is 0.199 e. The highest BCUT2D eigenvalue weighted by atomic mass is 19.2. The number of hydrogen-bond donors (Lipinski definition) is 2. The Kier molecular flexibility index (Phi) is 1.88. The van der Waals surface area contributed by atoms with Crippen LogP contribution in [0.2, 0.25) is 0 Å². The smallest absolute Gasteiger partial charge is 0.199 e. The summed E-state index contributed by atoms with van der Waals surface area (Å²) in [6.07, 6.45) is -1.35. The lowest BCUT2D eigenvalue weighted by molar-refractivity contribution is 0.193. The van der Waals surface area contributed by atoms with Crippen molar-refractivity contribution >= 4 is 5.69 Å². The van der Waals surface area contributed by atoms with Crippen LogP contribution in [0.1, 0.15) is 11.7 Å². The second kappa shape index (κ2) is 2.84. The SMILES string of the molecule is OC1CNc2c(F)c(F)c(F)c(F)c21. The Balaban J connectivity index is 2.77. The van der Waals surface area contributed by atoms with Gasteiger partial charge in [0.1, 0.15) is 6.10 Å². The molecule has 1 heterocycles. The number of aliphatic hydroxyl groups excluding tert-OH is 1. The summed E-state index contributed by atoms with van der Waals surface area (Å²) in [4.78, 5) is 0. The van der Waals surface area contributed by atoms with Crippen LogP contribution in [0, 0.1) is 23.3 Å². The molecule has 1 unspecified atom stereocenters. The molecule has 1 aliphatic rings. The number of hydrogen-bond acceptors (Lipinski definition) is 2. The molecule has 6 heteroatoms. The van der Waals surface area contributed by atoms with Gasteiger partial charge in [-0.1, -0.05) is 0 Å². The third kappa shape index (κ3) is 1.00. The van der Waals surface area contributed by atoms with Crippen molar-refractivity contribution in [1.29, 1.82) is 0 Å². The lowest BCUT2D eigenvalue weighted by Crippen LogP contribution is -2.03. The number of anilines is 1. The maximum absolute atomic E-state index is 13.0. The number of benzene rings is 1. The van der Waals surface area contributed by atoms with Gasteiger partial charge in [-0.2, -0.15) is 0 Å². The number of nitrogens with one attached hydrogen (secondary N) is 1. The van der Waals surface area contributed by atoms with Crippen molar-refractivity contribution in [3.63, 3.8) is 0 Å². The molecule has 2 rings (SSSR count). The van der Waals surface area contributed by atoms with Gasteiger partial charge in [0.05, 0.1) is 5.69 Å². The maximum atomic E-state index is 13.0. The zero-order valence-corrected chi connectivity index (χ0v) is 6.74. The van der Waals surface area contributed by atoms with E-state index < -0.39 is 40.6 Å². The summed E-state index contributed by atoms with van der Waals surface area (Å²) in [5.74, 6) is -6.82. The van der Waals surface area contributed by atoms with E-state index in [1.54, 1.807) is 0 Å². The summed E-state index contributed by atoms with van der Waals surface area (Å²) in [6, 6.07) is 0. The van der Waals surface area contributed by atoms with Gasteiger partial charge in [0, 0.05) is 12.1 Å². The van der Waals surface area contributed by atoms with E-state index in [2.05, 4.69) is 5.32 Å². The normalized spacial score (nSPS) is 19.4. The molecule has 0 radical (unpaired) electrons. The van der Waals surface area contributed by atoms with Gasteiger partial charge in [0.2, 0.25) is 0 Å². The third-order valence-electron chi connectivity index (χ3n) is 2.11. The van der Waals surface area contributed by atoms with E-state index in [0.29, 0.717) is 0 Å². The van der Waals surface area contributed by atoms with Gasteiger partial charge in [-0.25, -0.2) is 17.6 Å². The molecule has 0 fully saturated rings. The zero-order valence-electron chi connectivity index (χ0n) is 6.74. The van der Waals surface area contributed by atoms with Gasteiger partial charge in [-0.05, 0) is 0 Å². The van der Waals surface area contributed by atoms with Crippen LogP contribution in [-0.2, 0) is 0 Å². The van der Waals surface area contributed by atoms with Gasteiger partial charge >= 0.3 is 0 Å². The van der Waals surface area contributed by atoms with Crippen molar-refractivity contribution in [2.45, 2.75) is 6.10 Å². The van der Waals surface area contributed by atoms with Crippen LogP contribution in [-0.4, -0.2) is 11.7 Å². The highest BCUT2D eigenvalue weighted by Crippen LogP contribution is 2.36. The van der Waals surface area contributed by atoms with Crippen molar-refractivity contribution in [2.75, 3.05) is 11.9 Å². The lowest BCUT2D eigenvalue weighted by atomic mass is 10.1. The van der Waals surface area contributed by atoms with Crippen LogP contribution in [0.4, 0.5) is 23.2 Å². The van der Waals surface area contributed by atoms with Crippen LogP contribution in [0.15, 0.2) is 0 Å². The second-order valence-corrected chi connectivity index (χ2v) is 2.94. The van der Waals surface area contributed by atoms with E-state index in [1.165, 1.54) is 0 Å². The topological polar surface area (TPSA) is 32.3 Å². The minimum Gasteiger partial charge on any atom is -0.386 e. The Hall–Kier alpha value is -1.30. The Morgan fingerprint density at radius 3 is 2.21 bits per heavy atom. The molecule has 0 amide bonds. The first-order valence-corrected chi connectivity index (χ1v) is 3.81. The number of β-amino-alcohol motifs (C(OH)–C–C–N with tert-alkyl or cyclic N) is 1. The van der Waals surface area contributed by atoms with Gasteiger partial charge in [0.15, 0.2) is 23.3 Å². The summed E-state index contributed by atoms with van der Waals surface area (Å²) >= 11 is 0. The molecule has 1 aliphatic heterocycles. The molecule has 0 aliphatic carbocycles. The number of rotatable bonds is 0. The molecule has 1 atom stereocenters. The minimum absolute atomic E-state index is 0.161. The summed E-state index contributed by atoms with van der Waals surface area (Å²) in [5, 5.41) is 11.4. The molecular weight excluding hydrogens is 202 g/mol. The van der Waals surface area contributed by atoms with Crippen LogP contribution in [0.3, 0.4) is 0 Å². The first-order chi connectivity index (χ1) is 6.54. The molecule has 1 aromatic carbocycles. The molecule has 76 valence electrons. The van der Waals surface area contributed by atoms with Crippen molar-refractivity contribution in [2.24, 2.45) is 0 Å². The van der Waals surface area contributed by atoms with E-state index in [9.17, 15) is 17.6 Å². The first-order valence-electron chi connectivity index (χ1n) is 3.81. The lowest BCUT2D eigenvalue weighted by Gasteiger charge is -2.06. The molecule has 0 saturated carbocycles. The van der Waals surface area contributed by atoms with Crippen molar-refractivity contribution < 1.29 is 22.7 Å². The van der Waals surface area contributed by atoms with E-state index in [4.69, 9.17) is 5.11 Å². The van der Waals surface area contributed by atoms with E-state index >= 15 is 0 Å². The fourth-order valence-corrected chi connectivity index (χ4v) is 1.44. The average Bonchev–Trinajstić information content (AvgIpc) is 2.54. The molecule has 0 spiro atoms.